The summed E-state index contributed by atoms with van der Waals surface area (Å²) in [4.78, 5) is 13.2. The highest BCUT2D eigenvalue weighted by molar-refractivity contribution is 7.99. The van der Waals surface area contributed by atoms with Crippen LogP contribution >= 0.6 is 23.4 Å². The Labute approximate surface area is 150 Å². The van der Waals surface area contributed by atoms with Crippen LogP contribution in [0.25, 0.3) is 0 Å². The first-order chi connectivity index (χ1) is 11.4. The fraction of sp³-hybridized carbons (Fsp3) is 0.188. The Morgan fingerprint density at radius 1 is 1.17 bits per heavy atom. The zero-order valence-corrected chi connectivity index (χ0v) is 15.3. The van der Waals surface area contributed by atoms with Gasteiger partial charge in [-0.2, -0.15) is 0 Å². The highest BCUT2D eigenvalue weighted by Crippen LogP contribution is 2.22. The molecule has 0 atom stereocenters. The molecular formula is C16H17ClN2O3S2. The maximum Gasteiger partial charge on any atom is 0.251 e. The largest absolute Gasteiger partial charge is 0.351 e. The smallest absolute Gasteiger partial charge is 0.251 e. The zero-order chi connectivity index (χ0) is 17.6. The minimum Gasteiger partial charge on any atom is -0.351 e. The maximum absolute atomic E-state index is 12.2. The highest BCUT2D eigenvalue weighted by atomic mass is 35.5. The second-order valence-electron chi connectivity index (χ2n) is 4.77. The molecule has 0 aliphatic heterocycles. The van der Waals surface area contributed by atoms with Gasteiger partial charge in [0.2, 0.25) is 10.0 Å². The van der Waals surface area contributed by atoms with Crippen LogP contribution in [0.4, 0.5) is 0 Å². The number of benzene rings is 2. The van der Waals surface area contributed by atoms with Gasteiger partial charge in [-0.05, 0) is 37.4 Å². The highest BCUT2D eigenvalue weighted by Gasteiger charge is 2.18. The minimum absolute atomic E-state index is 0.0699. The Hall–Kier alpha value is -1.54. The number of hydrogen-bond acceptors (Lipinski definition) is 4. The van der Waals surface area contributed by atoms with Crippen LogP contribution < -0.4 is 10.0 Å². The molecule has 1 amide bonds. The lowest BCUT2D eigenvalue weighted by molar-refractivity contribution is 0.0956. The van der Waals surface area contributed by atoms with Crippen molar-refractivity contribution in [3.63, 3.8) is 0 Å². The third-order valence-corrected chi connectivity index (χ3v) is 6.06. The molecule has 8 heteroatoms. The summed E-state index contributed by atoms with van der Waals surface area (Å²) >= 11 is 7.53. The van der Waals surface area contributed by atoms with Crippen molar-refractivity contribution in [1.82, 2.24) is 10.0 Å². The molecule has 2 aromatic carbocycles. The van der Waals surface area contributed by atoms with Gasteiger partial charge in [-0.1, -0.05) is 29.8 Å². The molecule has 0 saturated carbocycles. The number of carbonyl (C=O) groups excluding carboxylic acids is 1. The fourth-order valence-electron chi connectivity index (χ4n) is 1.91. The van der Waals surface area contributed by atoms with E-state index in [-0.39, 0.29) is 21.4 Å². The maximum atomic E-state index is 12.2. The molecule has 0 aliphatic carbocycles. The number of halogens is 1. The average Bonchev–Trinajstić information content (AvgIpc) is 2.59. The number of carbonyl (C=O) groups is 1. The van der Waals surface area contributed by atoms with Gasteiger partial charge in [0.15, 0.2) is 0 Å². The van der Waals surface area contributed by atoms with Gasteiger partial charge in [-0.25, -0.2) is 13.1 Å². The normalized spacial score (nSPS) is 11.2. The molecular weight excluding hydrogens is 368 g/mol. The van der Waals surface area contributed by atoms with Gasteiger partial charge in [-0.3, -0.25) is 4.79 Å². The van der Waals surface area contributed by atoms with Crippen molar-refractivity contribution in [3.05, 3.63) is 59.1 Å². The van der Waals surface area contributed by atoms with E-state index in [2.05, 4.69) is 10.0 Å². The van der Waals surface area contributed by atoms with Crippen LogP contribution in [0, 0.1) is 0 Å². The van der Waals surface area contributed by atoms with Crippen molar-refractivity contribution >= 4 is 39.3 Å². The summed E-state index contributed by atoms with van der Waals surface area (Å²) in [7, 11) is -2.42. The number of amides is 1. The van der Waals surface area contributed by atoms with Crippen molar-refractivity contribution < 1.29 is 13.2 Å². The lowest BCUT2D eigenvalue weighted by Gasteiger charge is -2.09. The van der Waals surface area contributed by atoms with Gasteiger partial charge < -0.3 is 5.32 Å². The number of nitrogens with one attached hydrogen (secondary N) is 2. The second kappa shape index (κ2) is 8.53. The molecule has 5 nitrogen and oxygen atoms in total. The minimum atomic E-state index is -3.71. The number of sulfonamides is 1. The fourth-order valence-corrected chi connectivity index (χ4v) is 3.95. The molecule has 0 aromatic heterocycles. The first-order valence-corrected chi connectivity index (χ1v) is 9.98. The first-order valence-electron chi connectivity index (χ1n) is 7.13. The molecule has 0 spiro atoms. The predicted octanol–water partition coefficient (Wildman–Crippen LogP) is 2.77. The number of rotatable bonds is 7. The van der Waals surface area contributed by atoms with Crippen LogP contribution in [-0.4, -0.2) is 33.7 Å². The third kappa shape index (κ3) is 4.98. The Balaban J connectivity index is 1.96. The van der Waals surface area contributed by atoms with Crippen molar-refractivity contribution in [2.75, 3.05) is 19.3 Å². The molecule has 2 rings (SSSR count). The van der Waals surface area contributed by atoms with Crippen LogP contribution in [0.3, 0.4) is 0 Å². The second-order valence-corrected chi connectivity index (χ2v) is 8.20. The summed E-state index contributed by atoms with van der Waals surface area (Å²) in [6.07, 6.45) is 0. The van der Waals surface area contributed by atoms with E-state index in [1.54, 1.807) is 11.8 Å². The summed E-state index contributed by atoms with van der Waals surface area (Å²) in [6, 6.07) is 14.0. The van der Waals surface area contributed by atoms with Crippen LogP contribution in [0.5, 0.6) is 0 Å². The zero-order valence-electron chi connectivity index (χ0n) is 13.0. The molecule has 128 valence electrons. The van der Waals surface area contributed by atoms with Gasteiger partial charge in [0.05, 0.1) is 5.02 Å². The Kier molecular flexibility index (Phi) is 6.68. The average molecular weight is 385 g/mol. The Morgan fingerprint density at radius 2 is 1.88 bits per heavy atom. The van der Waals surface area contributed by atoms with E-state index >= 15 is 0 Å². The van der Waals surface area contributed by atoms with E-state index < -0.39 is 10.0 Å². The Bertz CT molecular complexity index is 811. The molecule has 0 unspecified atom stereocenters. The lowest BCUT2D eigenvalue weighted by atomic mass is 10.2. The standard InChI is InChI=1S/C16H17ClN2O3S2/c1-18-24(21,22)15-11-12(7-8-14(15)17)16(20)19-9-10-23-13-5-3-2-4-6-13/h2-8,11,18H,9-10H2,1H3,(H,19,20). The predicted molar refractivity (Wildman–Crippen MR) is 97.2 cm³/mol. The van der Waals surface area contributed by atoms with E-state index in [4.69, 9.17) is 11.6 Å². The molecule has 0 saturated heterocycles. The van der Waals surface area contributed by atoms with Crippen molar-refractivity contribution in [2.45, 2.75) is 9.79 Å². The summed E-state index contributed by atoms with van der Waals surface area (Å²) in [6.45, 7) is 0.467. The molecule has 24 heavy (non-hydrogen) atoms. The van der Waals surface area contributed by atoms with E-state index in [1.165, 1.54) is 25.2 Å². The third-order valence-electron chi connectivity index (χ3n) is 3.15. The summed E-state index contributed by atoms with van der Waals surface area (Å²) < 4.78 is 26.0. The van der Waals surface area contributed by atoms with E-state index in [0.29, 0.717) is 12.3 Å². The Morgan fingerprint density at radius 3 is 2.54 bits per heavy atom. The summed E-state index contributed by atoms with van der Waals surface area (Å²) in [5, 5.41) is 2.84. The van der Waals surface area contributed by atoms with Gasteiger partial charge in [0.25, 0.3) is 5.91 Å². The first kappa shape index (κ1) is 18.8. The monoisotopic (exact) mass is 384 g/mol. The molecule has 2 aromatic rings. The van der Waals surface area contributed by atoms with Crippen LogP contribution in [-0.2, 0) is 10.0 Å². The number of hydrogen-bond donors (Lipinski definition) is 2. The van der Waals surface area contributed by atoms with Gasteiger partial charge in [0, 0.05) is 22.8 Å². The molecule has 0 radical (unpaired) electrons. The molecule has 0 aliphatic rings. The van der Waals surface area contributed by atoms with Crippen LogP contribution in [0.2, 0.25) is 5.02 Å². The molecule has 0 bridgehead atoms. The quantitative estimate of drug-likeness (QED) is 0.568. The van der Waals surface area contributed by atoms with E-state index in [9.17, 15) is 13.2 Å². The SMILES string of the molecule is CNS(=O)(=O)c1cc(C(=O)NCCSc2ccccc2)ccc1Cl. The topological polar surface area (TPSA) is 75.3 Å². The summed E-state index contributed by atoms with van der Waals surface area (Å²) in [5.41, 5.74) is 0.248. The van der Waals surface area contributed by atoms with Crippen LogP contribution in [0.15, 0.2) is 58.3 Å². The molecule has 2 N–H and O–H groups in total. The number of thioether (sulfide) groups is 1. The lowest BCUT2D eigenvalue weighted by Crippen LogP contribution is -2.26. The van der Waals surface area contributed by atoms with Crippen molar-refractivity contribution in [2.24, 2.45) is 0 Å². The summed E-state index contributed by atoms with van der Waals surface area (Å²) in [5.74, 6) is 0.373. The van der Waals surface area contributed by atoms with Crippen molar-refractivity contribution in [1.29, 1.82) is 0 Å². The van der Waals surface area contributed by atoms with E-state index in [0.717, 1.165) is 4.90 Å². The van der Waals surface area contributed by atoms with Gasteiger partial charge in [0.1, 0.15) is 4.90 Å². The van der Waals surface area contributed by atoms with Gasteiger partial charge in [-0.15, -0.1) is 11.8 Å². The van der Waals surface area contributed by atoms with Crippen molar-refractivity contribution in [3.8, 4) is 0 Å². The molecule has 0 heterocycles. The molecule has 0 fully saturated rings. The van der Waals surface area contributed by atoms with E-state index in [1.807, 2.05) is 30.3 Å². The van der Waals surface area contributed by atoms with Crippen LogP contribution in [0.1, 0.15) is 10.4 Å². The van der Waals surface area contributed by atoms with Gasteiger partial charge >= 0.3 is 0 Å².